The molecule has 0 spiro atoms. The van der Waals surface area contributed by atoms with Gasteiger partial charge in [0.1, 0.15) is 0 Å². The van der Waals surface area contributed by atoms with Gasteiger partial charge in [-0.05, 0) is 35.7 Å². The largest absolute Gasteiger partial charge is 0.0843 e. The number of halogens is 1. The molecule has 0 N–H and O–H groups in total. The van der Waals surface area contributed by atoms with Crippen molar-refractivity contribution in [3.8, 4) is 11.1 Å². The zero-order chi connectivity index (χ0) is 9.97. The van der Waals surface area contributed by atoms with E-state index in [1.807, 2.05) is 30.3 Å². The van der Waals surface area contributed by atoms with Crippen molar-refractivity contribution >= 4 is 11.6 Å². The Morgan fingerprint density at radius 1 is 0.929 bits per heavy atom. The summed E-state index contributed by atoms with van der Waals surface area (Å²) in [5.41, 5.74) is 3.69. The number of rotatable bonds is 1. The van der Waals surface area contributed by atoms with Crippen molar-refractivity contribution in [1.82, 2.24) is 0 Å². The summed E-state index contributed by atoms with van der Waals surface area (Å²) in [6, 6.07) is 16.3. The van der Waals surface area contributed by atoms with Crippen LogP contribution in [-0.4, -0.2) is 0 Å². The highest BCUT2D eigenvalue weighted by Gasteiger charge is 2.00. The normalized spacial score (nSPS) is 10.1. The lowest BCUT2D eigenvalue weighted by molar-refractivity contribution is 1.46. The molecule has 2 aromatic carbocycles. The lowest BCUT2D eigenvalue weighted by Crippen LogP contribution is -1.82. The van der Waals surface area contributed by atoms with Crippen molar-refractivity contribution < 1.29 is 0 Å². The van der Waals surface area contributed by atoms with Gasteiger partial charge in [-0.3, -0.25) is 0 Å². The van der Waals surface area contributed by atoms with Crippen molar-refractivity contribution in [3.05, 3.63) is 59.1 Å². The molecule has 0 saturated heterocycles. The zero-order valence-electron chi connectivity index (χ0n) is 8.00. The van der Waals surface area contributed by atoms with Gasteiger partial charge in [-0.1, -0.05) is 48.0 Å². The van der Waals surface area contributed by atoms with E-state index in [4.69, 9.17) is 11.6 Å². The van der Waals surface area contributed by atoms with Crippen LogP contribution >= 0.6 is 11.6 Å². The zero-order valence-corrected chi connectivity index (χ0v) is 8.75. The fraction of sp³-hybridized carbons (Fsp3) is 0.0769. The third-order valence-corrected chi connectivity index (χ3v) is 2.51. The minimum atomic E-state index is 0.794. The van der Waals surface area contributed by atoms with Crippen LogP contribution < -0.4 is 0 Å². The van der Waals surface area contributed by atoms with Crippen LogP contribution in [0.3, 0.4) is 0 Å². The van der Waals surface area contributed by atoms with Crippen LogP contribution in [0, 0.1) is 6.92 Å². The van der Waals surface area contributed by atoms with Crippen LogP contribution in [0.4, 0.5) is 0 Å². The lowest BCUT2D eigenvalue weighted by Gasteiger charge is -2.05. The second-order valence-electron chi connectivity index (χ2n) is 3.33. The predicted octanol–water partition coefficient (Wildman–Crippen LogP) is 4.32. The minimum Gasteiger partial charge on any atom is -0.0843 e. The Labute approximate surface area is 89.2 Å². The highest BCUT2D eigenvalue weighted by Crippen LogP contribution is 2.25. The van der Waals surface area contributed by atoms with Crippen molar-refractivity contribution in [1.29, 1.82) is 0 Å². The SMILES string of the molecule is Cc1cc(Cl)ccc1-c1ccccc1. The molecule has 0 fully saturated rings. The first-order valence-corrected chi connectivity index (χ1v) is 4.97. The van der Waals surface area contributed by atoms with Crippen LogP contribution in [0.5, 0.6) is 0 Å². The molecule has 0 aliphatic carbocycles. The summed E-state index contributed by atoms with van der Waals surface area (Å²) < 4.78 is 0. The summed E-state index contributed by atoms with van der Waals surface area (Å²) in [5, 5.41) is 0.794. The number of hydrogen-bond acceptors (Lipinski definition) is 0. The molecule has 0 radical (unpaired) electrons. The maximum absolute atomic E-state index is 5.90. The molecule has 0 aromatic heterocycles. The van der Waals surface area contributed by atoms with Crippen molar-refractivity contribution in [2.45, 2.75) is 6.92 Å². The molecular formula is C13H11Cl. The fourth-order valence-corrected chi connectivity index (χ4v) is 1.80. The van der Waals surface area contributed by atoms with Crippen LogP contribution in [0.15, 0.2) is 48.5 Å². The summed E-state index contributed by atoms with van der Waals surface area (Å²) in [4.78, 5) is 0. The molecule has 0 heterocycles. The van der Waals surface area contributed by atoms with Crippen molar-refractivity contribution in [2.75, 3.05) is 0 Å². The molecule has 70 valence electrons. The Morgan fingerprint density at radius 2 is 1.64 bits per heavy atom. The monoisotopic (exact) mass is 202 g/mol. The smallest absolute Gasteiger partial charge is 0.0409 e. The van der Waals surface area contributed by atoms with Gasteiger partial charge in [-0.15, -0.1) is 0 Å². The number of aryl methyl sites for hydroxylation is 1. The van der Waals surface area contributed by atoms with Crippen LogP contribution in [0.25, 0.3) is 11.1 Å². The molecule has 0 aliphatic heterocycles. The van der Waals surface area contributed by atoms with E-state index in [1.54, 1.807) is 0 Å². The molecule has 1 heteroatoms. The molecule has 0 unspecified atom stereocenters. The molecular weight excluding hydrogens is 192 g/mol. The first kappa shape index (κ1) is 9.29. The minimum absolute atomic E-state index is 0.794. The second-order valence-corrected chi connectivity index (χ2v) is 3.76. The molecule has 2 rings (SSSR count). The third kappa shape index (κ3) is 1.80. The average Bonchev–Trinajstić information content (AvgIpc) is 2.19. The standard InChI is InChI=1S/C13H11Cl/c1-10-9-12(14)7-8-13(10)11-5-3-2-4-6-11/h2-9H,1H3. The molecule has 2 aromatic rings. The van der Waals surface area contributed by atoms with E-state index in [0.29, 0.717) is 0 Å². The van der Waals surface area contributed by atoms with E-state index in [1.165, 1.54) is 16.7 Å². The van der Waals surface area contributed by atoms with Gasteiger partial charge in [0, 0.05) is 5.02 Å². The average molecular weight is 203 g/mol. The summed E-state index contributed by atoms with van der Waals surface area (Å²) in [5.74, 6) is 0. The molecule has 0 aliphatic rings. The van der Waals surface area contributed by atoms with Crippen LogP contribution in [-0.2, 0) is 0 Å². The van der Waals surface area contributed by atoms with Gasteiger partial charge in [-0.2, -0.15) is 0 Å². The van der Waals surface area contributed by atoms with Crippen LogP contribution in [0.1, 0.15) is 5.56 Å². The maximum atomic E-state index is 5.90. The highest BCUT2D eigenvalue weighted by molar-refractivity contribution is 6.30. The number of benzene rings is 2. The Balaban J connectivity index is 2.53. The summed E-state index contributed by atoms with van der Waals surface area (Å²) in [6.45, 7) is 2.08. The number of hydrogen-bond donors (Lipinski definition) is 0. The van der Waals surface area contributed by atoms with Gasteiger partial charge in [0.05, 0.1) is 0 Å². The lowest BCUT2D eigenvalue weighted by atomic mass is 10.0. The van der Waals surface area contributed by atoms with Gasteiger partial charge in [0.2, 0.25) is 0 Å². The highest BCUT2D eigenvalue weighted by atomic mass is 35.5. The fourth-order valence-electron chi connectivity index (χ4n) is 1.57. The molecule has 14 heavy (non-hydrogen) atoms. The predicted molar refractivity (Wildman–Crippen MR) is 61.6 cm³/mol. The summed E-state index contributed by atoms with van der Waals surface area (Å²) in [7, 11) is 0. The van der Waals surface area contributed by atoms with Crippen molar-refractivity contribution in [2.24, 2.45) is 0 Å². The second kappa shape index (κ2) is 3.85. The van der Waals surface area contributed by atoms with E-state index in [-0.39, 0.29) is 0 Å². The van der Waals surface area contributed by atoms with E-state index in [0.717, 1.165) is 5.02 Å². The van der Waals surface area contributed by atoms with Gasteiger partial charge in [-0.25, -0.2) is 0 Å². The molecule has 0 atom stereocenters. The van der Waals surface area contributed by atoms with Gasteiger partial charge in [0.15, 0.2) is 0 Å². The van der Waals surface area contributed by atoms with Gasteiger partial charge in [0.25, 0.3) is 0 Å². The van der Waals surface area contributed by atoms with Gasteiger partial charge < -0.3 is 0 Å². The topological polar surface area (TPSA) is 0 Å². The Hall–Kier alpha value is -1.27. The third-order valence-electron chi connectivity index (χ3n) is 2.27. The summed E-state index contributed by atoms with van der Waals surface area (Å²) in [6.07, 6.45) is 0. The van der Waals surface area contributed by atoms with Crippen LogP contribution in [0.2, 0.25) is 5.02 Å². The molecule has 0 bridgehead atoms. The molecule has 0 amide bonds. The van der Waals surface area contributed by atoms with E-state index in [2.05, 4.69) is 25.1 Å². The Morgan fingerprint density at radius 3 is 2.29 bits per heavy atom. The molecule has 0 saturated carbocycles. The quantitative estimate of drug-likeness (QED) is 0.646. The summed E-state index contributed by atoms with van der Waals surface area (Å²) >= 11 is 5.90. The first-order chi connectivity index (χ1) is 6.77. The molecule has 0 nitrogen and oxygen atoms in total. The van der Waals surface area contributed by atoms with E-state index >= 15 is 0 Å². The maximum Gasteiger partial charge on any atom is 0.0409 e. The Bertz CT molecular complexity index is 432. The van der Waals surface area contributed by atoms with Gasteiger partial charge >= 0.3 is 0 Å². The van der Waals surface area contributed by atoms with Crippen molar-refractivity contribution in [3.63, 3.8) is 0 Å². The van der Waals surface area contributed by atoms with E-state index in [9.17, 15) is 0 Å². The Kier molecular flexibility index (Phi) is 2.55. The first-order valence-electron chi connectivity index (χ1n) is 4.59. The van der Waals surface area contributed by atoms with E-state index < -0.39 is 0 Å².